The van der Waals surface area contributed by atoms with Gasteiger partial charge in [-0.1, -0.05) is 35.9 Å². The van der Waals surface area contributed by atoms with Gasteiger partial charge in [0.2, 0.25) is 0 Å². The Morgan fingerprint density at radius 3 is 2.25 bits per heavy atom. The summed E-state index contributed by atoms with van der Waals surface area (Å²) in [6, 6.07) is 11.0. The smallest absolute Gasteiger partial charge is 0.100 e. The number of hydrogen-bond donors (Lipinski definition) is 0. The minimum Gasteiger partial charge on any atom is -0.272 e. The number of nitrogens with zero attached hydrogens (tertiary/aromatic N) is 2. The highest BCUT2D eigenvalue weighted by atomic mass is 15.3. The fraction of sp³-hybridized carbons (Fsp3) is 0.278. The third-order valence-corrected chi connectivity index (χ3v) is 4.11. The van der Waals surface area contributed by atoms with Gasteiger partial charge in [-0.3, -0.25) is 4.68 Å². The summed E-state index contributed by atoms with van der Waals surface area (Å²) in [7, 11) is 2.01. The first kappa shape index (κ1) is 12.9. The lowest BCUT2D eigenvalue weighted by atomic mass is 9.92. The molecule has 3 aromatic rings. The zero-order valence-electron chi connectivity index (χ0n) is 12.8. The molecule has 0 aliphatic rings. The third-order valence-electron chi connectivity index (χ3n) is 4.11. The highest BCUT2D eigenvalue weighted by molar-refractivity contribution is 5.96. The maximum atomic E-state index is 4.71. The molecule has 0 saturated carbocycles. The van der Waals surface area contributed by atoms with E-state index in [4.69, 9.17) is 5.10 Å². The molecule has 0 spiro atoms. The number of aromatic nitrogens is 2. The van der Waals surface area contributed by atoms with Crippen LogP contribution in [0.4, 0.5) is 0 Å². The van der Waals surface area contributed by atoms with Crippen molar-refractivity contribution in [2.24, 2.45) is 7.05 Å². The fourth-order valence-corrected chi connectivity index (χ4v) is 3.15. The van der Waals surface area contributed by atoms with Gasteiger partial charge in [-0.25, -0.2) is 0 Å². The molecule has 0 amide bonds. The molecule has 0 radical (unpaired) electrons. The summed E-state index contributed by atoms with van der Waals surface area (Å²) in [4.78, 5) is 0. The Balaban J connectivity index is 2.39. The molecule has 2 heteroatoms. The molecule has 0 atom stereocenters. The SMILES string of the molecule is Cc1cc(C)c(-c2cccc3c(C)n(C)nc23)c(C)c1. The van der Waals surface area contributed by atoms with Crippen LogP contribution in [0.1, 0.15) is 22.4 Å². The van der Waals surface area contributed by atoms with Crippen LogP contribution in [-0.2, 0) is 7.05 Å². The lowest BCUT2D eigenvalue weighted by Gasteiger charge is -2.12. The molecule has 0 saturated heterocycles. The Morgan fingerprint density at radius 1 is 0.950 bits per heavy atom. The van der Waals surface area contributed by atoms with E-state index < -0.39 is 0 Å². The summed E-state index contributed by atoms with van der Waals surface area (Å²) >= 11 is 0. The number of aryl methyl sites for hydroxylation is 5. The van der Waals surface area contributed by atoms with Crippen LogP contribution in [0.3, 0.4) is 0 Å². The van der Waals surface area contributed by atoms with Crippen molar-refractivity contribution in [2.75, 3.05) is 0 Å². The Kier molecular flexibility index (Phi) is 2.89. The van der Waals surface area contributed by atoms with Gasteiger partial charge in [0.1, 0.15) is 5.52 Å². The predicted molar refractivity (Wildman–Crippen MR) is 85.1 cm³/mol. The monoisotopic (exact) mass is 264 g/mol. The van der Waals surface area contributed by atoms with E-state index in [1.54, 1.807) is 0 Å². The molecule has 0 bridgehead atoms. The maximum Gasteiger partial charge on any atom is 0.100 e. The standard InChI is InChI=1S/C18H20N2/c1-11-9-12(2)17(13(3)10-11)16-8-6-7-15-14(4)20(5)19-18(15)16/h6-10H,1-5H3. The van der Waals surface area contributed by atoms with Crippen LogP contribution >= 0.6 is 0 Å². The van der Waals surface area contributed by atoms with Gasteiger partial charge in [0.05, 0.1) is 0 Å². The van der Waals surface area contributed by atoms with Crippen molar-refractivity contribution >= 4 is 10.9 Å². The van der Waals surface area contributed by atoms with Crippen molar-refractivity contribution in [2.45, 2.75) is 27.7 Å². The first-order valence-corrected chi connectivity index (χ1v) is 6.99. The van der Waals surface area contributed by atoms with E-state index in [9.17, 15) is 0 Å². The summed E-state index contributed by atoms with van der Waals surface area (Å²) < 4.78 is 1.97. The van der Waals surface area contributed by atoms with Crippen molar-refractivity contribution in [1.82, 2.24) is 9.78 Å². The average Bonchev–Trinajstić information content (AvgIpc) is 2.66. The molecule has 1 aromatic heterocycles. The third kappa shape index (κ3) is 1.83. The molecule has 0 fully saturated rings. The lowest BCUT2D eigenvalue weighted by molar-refractivity contribution is 0.751. The zero-order valence-corrected chi connectivity index (χ0v) is 12.8. The van der Waals surface area contributed by atoms with E-state index in [1.807, 2.05) is 11.7 Å². The van der Waals surface area contributed by atoms with Crippen LogP contribution < -0.4 is 0 Å². The van der Waals surface area contributed by atoms with Crippen molar-refractivity contribution < 1.29 is 0 Å². The molecule has 102 valence electrons. The number of fused-ring (bicyclic) bond motifs is 1. The Labute approximate surface area is 120 Å². The quantitative estimate of drug-likeness (QED) is 0.634. The molecule has 0 N–H and O–H groups in total. The van der Waals surface area contributed by atoms with E-state index >= 15 is 0 Å². The minimum atomic E-state index is 1.10. The molecule has 3 rings (SSSR count). The Hall–Kier alpha value is -2.09. The van der Waals surface area contributed by atoms with E-state index in [0.717, 1.165) is 5.52 Å². The largest absolute Gasteiger partial charge is 0.272 e. The molecule has 2 aromatic carbocycles. The number of benzene rings is 2. The van der Waals surface area contributed by atoms with Gasteiger partial charge in [0.25, 0.3) is 0 Å². The summed E-state index contributed by atoms with van der Waals surface area (Å²) in [5.41, 5.74) is 8.82. The Bertz CT molecular complexity index is 787. The fourth-order valence-electron chi connectivity index (χ4n) is 3.15. The van der Waals surface area contributed by atoms with Gasteiger partial charge < -0.3 is 0 Å². The topological polar surface area (TPSA) is 17.8 Å². The second-order valence-corrected chi connectivity index (χ2v) is 5.68. The second-order valence-electron chi connectivity index (χ2n) is 5.68. The van der Waals surface area contributed by atoms with Crippen LogP contribution in [0.2, 0.25) is 0 Å². The number of rotatable bonds is 1. The summed E-state index contributed by atoms with van der Waals surface area (Å²) in [5, 5.41) is 5.95. The highest BCUT2D eigenvalue weighted by Crippen LogP contribution is 2.34. The predicted octanol–water partition coefficient (Wildman–Crippen LogP) is 4.47. The van der Waals surface area contributed by atoms with E-state index in [1.165, 1.54) is 38.9 Å². The highest BCUT2D eigenvalue weighted by Gasteiger charge is 2.14. The van der Waals surface area contributed by atoms with Crippen LogP contribution in [0.5, 0.6) is 0 Å². The van der Waals surface area contributed by atoms with Gasteiger partial charge in [0, 0.05) is 23.7 Å². The summed E-state index contributed by atoms with van der Waals surface area (Å²) in [6.45, 7) is 8.64. The van der Waals surface area contributed by atoms with Gasteiger partial charge >= 0.3 is 0 Å². The van der Waals surface area contributed by atoms with Crippen molar-refractivity contribution in [3.05, 3.63) is 52.7 Å². The minimum absolute atomic E-state index is 1.10. The molecular weight excluding hydrogens is 244 g/mol. The lowest BCUT2D eigenvalue weighted by Crippen LogP contribution is -1.93. The first-order chi connectivity index (χ1) is 9.49. The van der Waals surface area contributed by atoms with Crippen LogP contribution in [0.25, 0.3) is 22.0 Å². The summed E-state index contributed by atoms with van der Waals surface area (Å²) in [5.74, 6) is 0. The van der Waals surface area contributed by atoms with Crippen molar-refractivity contribution in [3.63, 3.8) is 0 Å². The first-order valence-electron chi connectivity index (χ1n) is 6.99. The van der Waals surface area contributed by atoms with Crippen LogP contribution in [-0.4, -0.2) is 9.78 Å². The molecule has 0 aliphatic carbocycles. The molecule has 0 aliphatic heterocycles. The van der Waals surface area contributed by atoms with Gasteiger partial charge in [-0.05, 0) is 44.4 Å². The van der Waals surface area contributed by atoms with E-state index in [-0.39, 0.29) is 0 Å². The second kappa shape index (κ2) is 4.48. The molecule has 0 unspecified atom stereocenters. The average molecular weight is 264 g/mol. The van der Waals surface area contributed by atoms with Crippen molar-refractivity contribution in [3.8, 4) is 11.1 Å². The molecule has 1 heterocycles. The van der Waals surface area contributed by atoms with Gasteiger partial charge in [0.15, 0.2) is 0 Å². The summed E-state index contributed by atoms with van der Waals surface area (Å²) in [6.07, 6.45) is 0. The van der Waals surface area contributed by atoms with Gasteiger partial charge in [-0.15, -0.1) is 0 Å². The molecule has 2 nitrogen and oxygen atoms in total. The van der Waals surface area contributed by atoms with E-state index in [2.05, 4.69) is 58.0 Å². The zero-order chi connectivity index (χ0) is 14.4. The van der Waals surface area contributed by atoms with Crippen molar-refractivity contribution in [1.29, 1.82) is 0 Å². The van der Waals surface area contributed by atoms with Crippen LogP contribution in [0, 0.1) is 27.7 Å². The Morgan fingerprint density at radius 2 is 1.60 bits per heavy atom. The maximum absolute atomic E-state index is 4.71. The molecular formula is C18H20N2. The van der Waals surface area contributed by atoms with Crippen LogP contribution in [0.15, 0.2) is 30.3 Å². The molecule has 20 heavy (non-hydrogen) atoms. The van der Waals surface area contributed by atoms with Gasteiger partial charge in [-0.2, -0.15) is 5.10 Å². The van der Waals surface area contributed by atoms with E-state index in [0.29, 0.717) is 0 Å². The number of hydrogen-bond acceptors (Lipinski definition) is 1. The normalized spacial score (nSPS) is 11.2.